The zero-order valence-corrected chi connectivity index (χ0v) is 19.9. The number of allylic oxidation sites excluding steroid dienone is 1. The Balaban J connectivity index is 2.44. The zero-order chi connectivity index (χ0) is 23.8. The Hall–Kier alpha value is -2.70. The lowest BCUT2D eigenvalue weighted by Crippen LogP contribution is -2.44. The van der Waals surface area contributed by atoms with Gasteiger partial charge in [0.2, 0.25) is 11.8 Å². The van der Waals surface area contributed by atoms with E-state index >= 15 is 0 Å². The number of amides is 2. The lowest BCUT2D eigenvalue weighted by molar-refractivity contribution is -0.150. The number of benzene rings is 1. The normalized spacial score (nSPS) is 18.1. The Morgan fingerprint density at radius 3 is 2.66 bits per heavy atom. The average molecular weight is 480 g/mol. The molecule has 0 saturated carbocycles. The van der Waals surface area contributed by atoms with Crippen LogP contribution in [0.2, 0.25) is 5.02 Å². The highest BCUT2D eigenvalue weighted by atomic mass is 35.5. The van der Waals surface area contributed by atoms with Crippen molar-refractivity contribution in [3.05, 3.63) is 39.4 Å². The molecule has 0 saturated heterocycles. The largest absolute Gasteiger partial charge is 0.492 e. The van der Waals surface area contributed by atoms with E-state index in [4.69, 9.17) is 21.1 Å². The molecular weight excluding hydrogens is 454 g/mol. The number of nitrogens with zero attached hydrogens (tertiary/aromatic N) is 1. The van der Waals surface area contributed by atoms with Gasteiger partial charge in [-0.25, -0.2) is 0 Å². The molecule has 172 valence electrons. The molecule has 0 spiro atoms. The van der Waals surface area contributed by atoms with Crippen molar-refractivity contribution in [3.8, 4) is 11.8 Å². The Labute approximate surface area is 196 Å². The quantitative estimate of drug-likeness (QED) is 0.413. The number of esters is 1. The van der Waals surface area contributed by atoms with Gasteiger partial charge in [-0.3, -0.25) is 14.4 Å². The maximum atomic E-state index is 12.8. The predicted molar refractivity (Wildman–Crippen MR) is 122 cm³/mol. The van der Waals surface area contributed by atoms with E-state index in [-0.39, 0.29) is 22.3 Å². The number of ether oxygens (including phenoxy) is 2. The second kappa shape index (κ2) is 11.8. The molecule has 8 nitrogen and oxygen atoms in total. The highest BCUT2D eigenvalue weighted by molar-refractivity contribution is 8.03. The molecule has 0 bridgehead atoms. The van der Waals surface area contributed by atoms with Crippen molar-refractivity contribution in [2.24, 2.45) is 11.8 Å². The van der Waals surface area contributed by atoms with Crippen molar-refractivity contribution in [1.29, 1.82) is 5.26 Å². The third kappa shape index (κ3) is 6.17. The fraction of sp³-hybridized carbons (Fsp3) is 0.455. The molecule has 2 atom stereocenters. The van der Waals surface area contributed by atoms with E-state index < -0.39 is 23.7 Å². The van der Waals surface area contributed by atoms with Crippen molar-refractivity contribution in [2.45, 2.75) is 26.7 Å². The first-order chi connectivity index (χ1) is 15.2. The summed E-state index contributed by atoms with van der Waals surface area (Å²) in [5, 5.41) is 15.8. The molecule has 2 rings (SSSR count). The summed E-state index contributed by atoms with van der Waals surface area (Å²) in [6.45, 7) is 6.71. The van der Waals surface area contributed by atoms with E-state index in [1.807, 2.05) is 20.8 Å². The van der Waals surface area contributed by atoms with E-state index in [0.29, 0.717) is 35.4 Å². The van der Waals surface area contributed by atoms with Crippen LogP contribution in [0.1, 0.15) is 32.3 Å². The van der Waals surface area contributed by atoms with Gasteiger partial charge in [0.1, 0.15) is 11.7 Å². The van der Waals surface area contributed by atoms with Crippen molar-refractivity contribution in [1.82, 2.24) is 10.6 Å². The van der Waals surface area contributed by atoms with Gasteiger partial charge in [-0.1, -0.05) is 43.3 Å². The van der Waals surface area contributed by atoms with E-state index in [2.05, 4.69) is 16.7 Å². The number of nitrogens with one attached hydrogen (secondary N) is 2. The van der Waals surface area contributed by atoms with Crippen molar-refractivity contribution in [3.63, 3.8) is 0 Å². The van der Waals surface area contributed by atoms with E-state index in [9.17, 15) is 19.6 Å². The molecule has 0 aromatic heterocycles. The summed E-state index contributed by atoms with van der Waals surface area (Å²) in [6.07, 6.45) is 0. The number of halogens is 1. The minimum atomic E-state index is -1.28. The van der Waals surface area contributed by atoms with Crippen LogP contribution < -0.4 is 15.4 Å². The molecule has 0 radical (unpaired) electrons. The SMILES string of the molecule is CCOc1ccc([C@H]2C(C#N)=C(SCC(=O)NCC(C)C)NC(=O)[C@H]2C(=O)OC)cc1Cl. The lowest BCUT2D eigenvalue weighted by Gasteiger charge is -2.31. The maximum Gasteiger partial charge on any atom is 0.319 e. The second-order valence-electron chi connectivity index (χ2n) is 7.43. The highest BCUT2D eigenvalue weighted by Crippen LogP contribution is 2.42. The summed E-state index contributed by atoms with van der Waals surface area (Å²) in [6, 6.07) is 6.95. The fourth-order valence-electron chi connectivity index (χ4n) is 3.17. The van der Waals surface area contributed by atoms with Gasteiger partial charge in [0.25, 0.3) is 0 Å². The van der Waals surface area contributed by atoms with Crippen molar-refractivity contribution >= 4 is 41.1 Å². The molecule has 0 fully saturated rings. The molecular formula is C22H26ClN3O5S. The van der Waals surface area contributed by atoms with Crippen LogP contribution in [0.5, 0.6) is 5.75 Å². The topological polar surface area (TPSA) is 118 Å². The Morgan fingerprint density at radius 2 is 2.09 bits per heavy atom. The Kier molecular flexibility index (Phi) is 9.42. The maximum absolute atomic E-state index is 12.8. The van der Waals surface area contributed by atoms with E-state index in [0.717, 1.165) is 11.8 Å². The average Bonchev–Trinajstić information content (AvgIpc) is 2.76. The first-order valence-electron chi connectivity index (χ1n) is 10.1. The smallest absolute Gasteiger partial charge is 0.319 e. The number of carbonyl (C=O) groups is 3. The summed E-state index contributed by atoms with van der Waals surface area (Å²) in [5.41, 5.74) is 0.643. The number of rotatable bonds is 9. The molecule has 0 unspecified atom stereocenters. The zero-order valence-electron chi connectivity index (χ0n) is 18.4. The van der Waals surface area contributed by atoms with Gasteiger partial charge in [-0.05, 0) is 30.5 Å². The first kappa shape index (κ1) is 25.6. The second-order valence-corrected chi connectivity index (χ2v) is 8.82. The highest BCUT2D eigenvalue weighted by Gasteiger charge is 2.44. The van der Waals surface area contributed by atoms with Crippen LogP contribution in [0.4, 0.5) is 0 Å². The fourth-order valence-corrected chi connectivity index (χ4v) is 4.29. The number of hydrogen-bond donors (Lipinski definition) is 2. The monoisotopic (exact) mass is 479 g/mol. The van der Waals surface area contributed by atoms with Gasteiger partial charge < -0.3 is 20.1 Å². The number of hydrogen-bond acceptors (Lipinski definition) is 7. The number of thioether (sulfide) groups is 1. The third-order valence-corrected chi connectivity index (χ3v) is 5.97. The van der Waals surface area contributed by atoms with E-state index in [1.54, 1.807) is 18.2 Å². The molecule has 1 aromatic rings. The minimum Gasteiger partial charge on any atom is -0.492 e. The minimum absolute atomic E-state index is 0.00710. The summed E-state index contributed by atoms with van der Waals surface area (Å²) >= 11 is 7.35. The van der Waals surface area contributed by atoms with E-state index in [1.165, 1.54) is 7.11 Å². The number of nitriles is 1. The first-order valence-corrected chi connectivity index (χ1v) is 11.4. The standard InChI is InChI=1S/C22H26ClN3O5S/c1-5-31-16-7-6-13(8-15(16)23)18-14(9-24)21(26-20(28)19(18)22(29)30-4)32-11-17(27)25-10-12(2)3/h6-8,12,18-19H,5,10-11H2,1-4H3,(H,25,27)(H,26,28)/t18-,19-/m0/s1. The molecule has 2 amide bonds. The summed E-state index contributed by atoms with van der Waals surface area (Å²) in [7, 11) is 1.18. The molecule has 1 aliphatic heterocycles. The molecule has 10 heteroatoms. The number of methoxy groups -OCH3 is 1. The van der Waals surface area contributed by atoms with Crippen molar-refractivity contribution in [2.75, 3.05) is 26.0 Å². The van der Waals surface area contributed by atoms with Gasteiger partial charge in [-0.2, -0.15) is 5.26 Å². The van der Waals surface area contributed by atoms with Crippen LogP contribution in [0, 0.1) is 23.2 Å². The van der Waals surface area contributed by atoms with Gasteiger partial charge in [-0.15, -0.1) is 0 Å². The third-order valence-electron chi connectivity index (χ3n) is 4.65. The molecule has 32 heavy (non-hydrogen) atoms. The van der Waals surface area contributed by atoms with Gasteiger partial charge in [0.15, 0.2) is 0 Å². The summed E-state index contributed by atoms with van der Waals surface area (Å²) in [5.74, 6) is -3.06. The molecule has 2 N–H and O–H groups in total. The lowest BCUT2D eigenvalue weighted by atomic mass is 9.78. The summed E-state index contributed by atoms with van der Waals surface area (Å²) < 4.78 is 10.3. The number of carbonyl (C=O) groups excluding carboxylic acids is 3. The van der Waals surface area contributed by atoms with Gasteiger partial charge in [0.05, 0.1) is 41.2 Å². The van der Waals surface area contributed by atoms with Crippen molar-refractivity contribution < 1.29 is 23.9 Å². The molecule has 1 aromatic carbocycles. The molecule has 1 heterocycles. The van der Waals surface area contributed by atoms with Crippen LogP contribution in [0.3, 0.4) is 0 Å². The molecule has 1 aliphatic rings. The van der Waals surface area contributed by atoms with Crippen LogP contribution in [-0.2, 0) is 19.1 Å². The predicted octanol–water partition coefficient (Wildman–Crippen LogP) is 2.98. The van der Waals surface area contributed by atoms with Crippen LogP contribution in [0.25, 0.3) is 0 Å². The Bertz CT molecular complexity index is 957. The van der Waals surface area contributed by atoms with Crippen LogP contribution >= 0.6 is 23.4 Å². The summed E-state index contributed by atoms with van der Waals surface area (Å²) in [4.78, 5) is 37.4. The van der Waals surface area contributed by atoms with Gasteiger partial charge >= 0.3 is 5.97 Å². The van der Waals surface area contributed by atoms with Crippen LogP contribution in [0.15, 0.2) is 28.8 Å². The van der Waals surface area contributed by atoms with Gasteiger partial charge in [0, 0.05) is 12.5 Å². The molecule has 0 aliphatic carbocycles. The van der Waals surface area contributed by atoms with Crippen LogP contribution in [-0.4, -0.2) is 43.8 Å². The Morgan fingerprint density at radius 1 is 1.38 bits per heavy atom.